The molecule has 0 fully saturated rings. The summed E-state index contributed by atoms with van der Waals surface area (Å²) in [5.41, 5.74) is 2.41. The van der Waals surface area contributed by atoms with Crippen molar-refractivity contribution in [2.45, 2.75) is 64.8 Å². The van der Waals surface area contributed by atoms with Gasteiger partial charge in [0.15, 0.2) is 0 Å². The third-order valence-corrected chi connectivity index (χ3v) is 4.59. The maximum absolute atomic E-state index is 12.6. The van der Waals surface area contributed by atoms with Crippen LogP contribution in [0.15, 0.2) is 24.3 Å². The van der Waals surface area contributed by atoms with Gasteiger partial charge in [-0.1, -0.05) is 32.8 Å². The summed E-state index contributed by atoms with van der Waals surface area (Å²) in [5.74, 6) is -1.30. The second-order valence-corrected chi connectivity index (χ2v) is 7.76. The molecule has 0 aromatic heterocycles. The Kier molecular flexibility index (Phi) is 11.9. The van der Waals surface area contributed by atoms with Gasteiger partial charge in [-0.2, -0.15) is 0 Å². The van der Waals surface area contributed by atoms with Crippen molar-refractivity contribution in [2.75, 3.05) is 12.4 Å². The smallest absolute Gasteiger partial charge is 0.328 e. The molecule has 1 aromatic rings. The van der Waals surface area contributed by atoms with Gasteiger partial charge in [0.05, 0.1) is 7.11 Å². The normalized spacial score (nSPS) is 11.5. The van der Waals surface area contributed by atoms with Crippen molar-refractivity contribution >= 4 is 29.4 Å². The molecule has 0 bridgehead atoms. The Morgan fingerprint density at radius 3 is 2.23 bits per heavy atom. The van der Waals surface area contributed by atoms with Crippen LogP contribution in [0.5, 0.6) is 0 Å². The van der Waals surface area contributed by atoms with E-state index in [0.29, 0.717) is 36.9 Å². The largest absolute Gasteiger partial charge is 0.467 e. The molecule has 0 aliphatic carbocycles. The van der Waals surface area contributed by atoms with Crippen LogP contribution in [0, 0.1) is 5.92 Å². The number of carbonyl (C=O) groups excluding carboxylic acids is 4. The van der Waals surface area contributed by atoms with Crippen LogP contribution in [0.1, 0.15) is 69.2 Å². The molecule has 0 aliphatic heterocycles. The molecule has 9 nitrogen and oxygen atoms in total. The number of nitrogens with one attached hydrogen (secondary N) is 3. The van der Waals surface area contributed by atoms with Gasteiger partial charge in [0, 0.05) is 24.1 Å². The van der Waals surface area contributed by atoms with Gasteiger partial charge in [0.1, 0.15) is 6.04 Å². The summed E-state index contributed by atoms with van der Waals surface area (Å²) in [5, 5.41) is 13.9. The monoisotopic (exact) mass is 435 g/mol. The quantitative estimate of drug-likeness (QED) is 0.163. The van der Waals surface area contributed by atoms with Crippen LogP contribution in [0.4, 0.5) is 5.69 Å². The molecule has 1 aromatic carbocycles. The standard InChI is InChI=1S/C22H33N3O6/c1-15(2)13-18(22(29)31-3)24-21(28)16-9-8-10-17(14-16)23-19(26)11-6-4-5-7-12-20(27)25-30/h8-10,14-15,18,30H,4-7,11-13H2,1-3H3,(H,23,26)(H,24,28)(H,25,27)/t18-/m0/s1. The lowest BCUT2D eigenvalue weighted by atomic mass is 10.0. The van der Waals surface area contributed by atoms with Crippen molar-refractivity contribution < 1.29 is 29.1 Å². The minimum Gasteiger partial charge on any atom is -0.467 e. The van der Waals surface area contributed by atoms with Crippen molar-refractivity contribution in [2.24, 2.45) is 5.92 Å². The number of unbranched alkanes of at least 4 members (excludes halogenated alkanes) is 3. The van der Waals surface area contributed by atoms with E-state index in [9.17, 15) is 19.2 Å². The number of methoxy groups -OCH3 is 1. The van der Waals surface area contributed by atoms with E-state index < -0.39 is 23.8 Å². The molecule has 9 heteroatoms. The Balaban J connectivity index is 2.52. The van der Waals surface area contributed by atoms with Crippen LogP contribution in [-0.4, -0.2) is 42.0 Å². The SMILES string of the molecule is COC(=O)[C@H](CC(C)C)NC(=O)c1cccc(NC(=O)CCCCCCC(=O)NO)c1. The van der Waals surface area contributed by atoms with Crippen LogP contribution in [0.2, 0.25) is 0 Å². The summed E-state index contributed by atoms with van der Waals surface area (Å²) >= 11 is 0. The first-order valence-corrected chi connectivity index (χ1v) is 10.5. The van der Waals surface area contributed by atoms with Gasteiger partial charge >= 0.3 is 5.97 Å². The number of esters is 1. The molecule has 4 N–H and O–H groups in total. The molecule has 0 unspecified atom stereocenters. The van der Waals surface area contributed by atoms with Crippen LogP contribution >= 0.6 is 0 Å². The first-order valence-electron chi connectivity index (χ1n) is 10.5. The molecule has 0 spiro atoms. The maximum Gasteiger partial charge on any atom is 0.328 e. The van der Waals surface area contributed by atoms with Gasteiger partial charge in [0.2, 0.25) is 11.8 Å². The summed E-state index contributed by atoms with van der Waals surface area (Å²) in [4.78, 5) is 47.5. The zero-order chi connectivity index (χ0) is 23.2. The van der Waals surface area contributed by atoms with E-state index in [0.717, 1.165) is 12.8 Å². The molecule has 172 valence electrons. The van der Waals surface area contributed by atoms with E-state index in [-0.39, 0.29) is 18.2 Å². The Hall–Kier alpha value is -2.94. The molecule has 0 radical (unpaired) electrons. The van der Waals surface area contributed by atoms with Crippen LogP contribution in [-0.2, 0) is 19.1 Å². The Bertz CT molecular complexity index is 751. The Morgan fingerprint density at radius 1 is 1.00 bits per heavy atom. The van der Waals surface area contributed by atoms with Gasteiger partial charge in [-0.05, 0) is 43.4 Å². The third-order valence-electron chi connectivity index (χ3n) is 4.59. The van der Waals surface area contributed by atoms with Gasteiger partial charge < -0.3 is 15.4 Å². The van der Waals surface area contributed by atoms with E-state index in [4.69, 9.17) is 9.94 Å². The lowest BCUT2D eigenvalue weighted by Crippen LogP contribution is -2.42. The van der Waals surface area contributed by atoms with Gasteiger partial charge in [-0.3, -0.25) is 19.6 Å². The summed E-state index contributed by atoms with van der Waals surface area (Å²) in [6.45, 7) is 3.90. The minimum absolute atomic E-state index is 0.169. The van der Waals surface area contributed by atoms with Gasteiger partial charge in [0.25, 0.3) is 5.91 Å². The highest BCUT2D eigenvalue weighted by atomic mass is 16.5. The molecule has 1 rings (SSSR count). The maximum atomic E-state index is 12.6. The zero-order valence-electron chi connectivity index (χ0n) is 18.4. The lowest BCUT2D eigenvalue weighted by Gasteiger charge is -2.18. The Morgan fingerprint density at radius 2 is 1.65 bits per heavy atom. The van der Waals surface area contributed by atoms with E-state index >= 15 is 0 Å². The number of amides is 3. The first kappa shape index (κ1) is 26.1. The highest BCUT2D eigenvalue weighted by molar-refractivity contribution is 5.98. The minimum atomic E-state index is -0.737. The van der Waals surface area contributed by atoms with Crippen molar-refractivity contribution in [3.8, 4) is 0 Å². The van der Waals surface area contributed by atoms with Crippen LogP contribution < -0.4 is 16.1 Å². The molecule has 3 amide bonds. The molecule has 0 heterocycles. The first-order chi connectivity index (χ1) is 14.8. The number of benzene rings is 1. The van der Waals surface area contributed by atoms with E-state index in [1.54, 1.807) is 29.7 Å². The topological polar surface area (TPSA) is 134 Å². The summed E-state index contributed by atoms with van der Waals surface area (Å²) < 4.78 is 4.76. The predicted octanol–water partition coefficient (Wildman–Crippen LogP) is 2.79. The summed E-state index contributed by atoms with van der Waals surface area (Å²) in [6, 6.07) is 5.78. The number of hydrogen-bond acceptors (Lipinski definition) is 6. The predicted molar refractivity (Wildman–Crippen MR) is 115 cm³/mol. The van der Waals surface area contributed by atoms with Gasteiger partial charge in [-0.15, -0.1) is 0 Å². The van der Waals surface area contributed by atoms with Crippen molar-refractivity contribution in [3.63, 3.8) is 0 Å². The second kappa shape index (κ2) is 14.1. The van der Waals surface area contributed by atoms with Crippen LogP contribution in [0.25, 0.3) is 0 Å². The molecule has 0 saturated heterocycles. The zero-order valence-corrected chi connectivity index (χ0v) is 18.4. The molecule has 0 saturated carbocycles. The number of hydroxylamine groups is 1. The number of ether oxygens (including phenoxy) is 1. The molecule has 31 heavy (non-hydrogen) atoms. The fourth-order valence-electron chi connectivity index (χ4n) is 3.01. The van der Waals surface area contributed by atoms with Crippen molar-refractivity contribution in [1.29, 1.82) is 0 Å². The number of hydrogen-bond donors (Lipinski definition) is 4. The fourth-order valence-corrected chi connectivity index (χ4v) is 3.01. The van der Waals surface area contributed by atoms with Crippen molar-refractivity contribution in [1.82, 2.24) is 10.8 Å². The lowest BCUT2D eigenvalue weighted by molar-refractivity contribution is -0.143. The average Bonchev–Trinajstić information content (AvgIpc) is 2.74. The Labute approximate surface area is 182 Å². The van der Waals surface area contributed by atoms with E-state index in [1.807, 2.05) is 13.8 Å². The highest BCUT2D eigenvalue weighted by Gasteiger charge is 2.23. The molecule has 1 atom stereocenters. The summed E-state index contributed by atoms with van der Waals surface area (Å²) in [7, 11) is 1.28. The number of rotatable bonds is 13. The number of carbonyl (C=O) groups is 4. The van der Waals surface area contributed by atoms with Crippen molar-refractivity contribution in [3.05, 3.63) is 29.8 Å². The third kappa shape index (κ3) is 10.6. The average molecular weight is 436 g/mol. The van der Waals surface area contributed by atoms with E-state index in [1.165, 1.54) is 7.11 Å². The summed E-state index contributed by atoms with van der Waals surface area (Å²) in [6.07, 6.45) is 3.93. The van der Waals surface area contributed by atoms with E-state index in [2.05, 4.69) is 10.6 Å². The highest BCUT2D eigenvalue weighted by Crippen LogP contribution is 2.14. The number of anilines is 1. The second-order valence-electron chi connectivity index (χ2n) is 7.76. The molecule has 0 aliphatic rings. The van der Waals surface area contributed by atoms with Crippen LogP contribution in [0.3, 0.4) is 0 Å². The molecular formula is C22H33N3O6. The molecular weight excluding hydrogens is 402 g/mol. The fraction of sp³-hybridized carbons (Fsp3) is 0.545. The van der Waals surface area contributed by atoms with Gasteiger partial charge in [-0.25, -0.2) is 10.3 Å².